The molecule has 4 N–H and O–H groups in total. The Hall–Kier alpha value is -2.30. The number of allylic oxidation sites excluding steroid dienone is 6. The maximum absolute atomic E-state index is 12.7. The lowest BCUT2D eigenvalue weighted by Crippen LogP contribution is -2.34. The lowest BCUT2D eigenvalue weighted by molar-refractivity contribution is -0.161. The topological polar surface area (TPSA) is 172 Å². The number of carbonyl (C=O) groups excluding carboxylic acids is 2. The van der Waals surface area contributed by atoms with Crippen molar-refractivity contribution in [2.75, 3.05) is 19.8 Å². The summed E-state index contributed by atoms with van der Waals surface area (Å²) in [5.74, 6) is -2.39. The van der Waals surface area contributed by atoms with Gasteiger partial charge >= 0.3 is 25.7 Å². The number of phosphoric acid groups is 1. The van der Waals surface area contributed by atoms with Crippen LogP contribution in [0.4, 0.5) is 0 Å². The van der Waals surface area contributed by atoms with Crippen LogP contribution < -0.4 is 5.73 Å². The fourth-order valence-electron chi connectivity index (χ4n) is 6.67. The van der Waals surface area contributed by atoms with Crippen LogP contribution in [0.1, 0.15) is 219 Å². The highest BCUT2D eigenvalue weighted by molar-refractivity contribution is 7.47. The van der Waals surface area contributed by atoms with Gasteiger partial charge in [0.1, 0.15) is 12.6 Å². The van der Waals surface area contributed by atoms with Gasteiger partial charge in [0.05, 0.1) is 13.2 Å². The molecule has 60 heavy (non-hydrogen) atoms. The predicted molar refractivity (Wildman–Crippen MR) is 245 cm³/mol. The Morgan fingerprint density at radius 3 is 1.40 bits per heavy atom. The first kappa shape index (κ1) is 57.7. The molecule has 0 aliphatic rings. The Morgan fingerprint density at radius 2 is 0.933 bits per heavy atom. The maximum Gasteiger partial charge on any atom is 0.472 e. The maximum atomic E-state index is 12.7. The van der Waals surface area contributed by atoms with Crippen LogP contribution in [0.5, 0.6) is 0 Å². The zero-order valence-corrected chi connectivity index (χ0v) is 38.9. The summed E-state index contributed by atoms with van der Waals surface area (Å²) in [4.78, 5) is 46.1. The van der Waals surface area contributed by atoms with Gasteiger partial charge in [0.2, 0.25) is 0 Å². The summed E-state index contributed by atoms with van der Waals surface area (Å²) in [5.41, 5.74) is 5.34. The van der Waals surface area contributed by atoms with Gasteiger partial charge in [-0.05, 0) is 44.9 Å². The second-order valence-corrected chi connectivity index (χ2v) is 17.7. The quantitative estimate of drug-likeness (QED) is 0.0230. The van der Waals surface area contributed by atoms with Crippen LogP contribution in [-0.2, 0) is 37.5 Å². The number of hydrogen-bond acceptors (Lipinski definition) is 9. The molecular formula is C48H88NO10P. The van der Waals surface area contributed by atoms with Crippen molar-refractivity contribution in [3.63, 3.8) is 0 Å². The fourth-order valence-corrected chi connectivity index (χ4v) is 7.45. The molecular weight excluding hydrogens is 781 g/mol. The third kappa shape index (κ3) is 42.4. The smallest absolute Gasteiger partial charge is 0.472 e. The van der Waals surface area contributed by atoms with Crippen molar-refractivity contribution in [2.45, 2.75) is 231 Å². The van der Waals surface area contributed by atoms with E-state index in [2.05, 4.69) is 54.8 Å². The van der Waals surface area contributed by atoms with E-state index in [1.165, 1.54) is 109 Å². The van der Waals surface area contributed by atoms with E-state index in [-0.39, 0.29) is 19.4 Å². The van der Waals surface area contributed by atoms with Crippen molar-refractivity contribution in [3.8, 4) is 0 Å². The van der Waals surface area contributed by atoms with Crippen molar-refractivity contribution in [3.05, 3.63) is 36.5 Å². The Kier molecular flexibility index (Phi) is 41.7. The molecule has 0 radical (unpaired) electrons. The Balaban J connectivity index is 4.26. The minimum absolute atomic E-state index is 0.161. The lowest BCUT2D eigenvalue weighted by atomic mass is 10.0. The van der Waals surface area contributed by atoms with E-state index in [4.69, 9.17) is 24.8 Å². The standard InChI is InChI=1S/C48H88NO10P/c1-3-5-7-9-11-13-15-17-19-20-21-22-23-24-26-28-30-32-34-36-38-40-47(51)59-44(42-57-60(54,55)58-43-45(49)48(52)53)41-56-46(50)39-37-35-33-31-29-27-25-18-16-14-12-10-8-6-4-2/h6,8,12,14,18,25,44-45H,3-5,7,9-11,13,15-17,19-24,26-43,49H2,1-2H3,(H,52,53)(H,54,55)/b8-6+,14-12+,25-18+/t44-,45-/m0/s1. The molecule has 1 unspecified atom stereocenters. The Bertz CT molecular complexity index is 1160. The molecule has 0 heterocycles. The van der Waals surface area contributed by atoms with Crippen LogP contribution in [0.3, 0.4) is 0 Å². The van der Waals surface area contributed by atoms with Gasteiger partial charge in [-0.3, -0.25) is 23.4 Å². The number of esters is 2. The van der Waals surface area contributed by atoms with Crippen LogP contribution in [0, 0.1) is 0 Å². The molecule has 350 valence electrons. The summed E-state index contributed by atoms with van der Waals surface area (Å²) in [7, 11) is -4.72. The molecule has 0 spiro atoms. The van der Waals surface area contributed by atoms with E-state index < -0.39 is 51.1 Å². The first-order valence-electron chi connectivity index (χ1n) is 24.0. The number of unbranched alkanes of at least 4 members (excludes halogenated alkanes) is 25. The third-order valence-corrected chi connectivity index (χ3v) is 11.4. The number of ether oxygens (including phenoxy) is 2. The first-order chi connectivity index (χ1) is 29.1. The summed E-state index contributed by atoms with van der Waals surface area (Å²) in [6.07, 6.45) is 47.8. The van der Waals surface area contributed by atoms with Gasteiger partial charge in [-0.25, -0.2) is 4.57 Å². The van der Waals surface area contributed by atoms with Crippen molar-refractivity contribution in [1.29, 1.82) is 0 Å². The number of carboxylic acids is 1. The highest BCUT2D eigenvalue weighted by Gasteiger charge is 2.28. The van der Waals surface area contributed by atoms with Gasteiger partial charge in [-0.1, -0.05) is 198 Å². The molecule has 11 nitrogen and oxygen atoms in total. The van der Waals surface area contributed by atoms with Crippen molar-refractivity contribution in [1.82, 2.24) is 0 Å². The van der Waals surface area contributed by atoms with E-state index in [1.807, 2.05) is 0 Å². The molecule has 0 bridgehead atoms. The number of carboxylic acid groups (broad SMARTS) is 1. The summed E-state index contributed by atoms with van der Waals surface area (Å²) in [6.45, 7) is 2.70. The molecule has 0 aromatic carbocycles. The second-order valence-electron chi connectivity index (χ2n) is 16.2. The van der Waals surface area contributed by atoms with E-state index in [0.717, 1.165) is 70.6 Å². The highest BCUT2D eigenvalue weighted by Crippen LogP contribution is 2.43. The molecule has 12 heteroatoms. The van der Waals surface area contributed by atoms with E-state index >= 15 is 0 Å². The second kappa shape index (κ2) is 43.4. The molecule has 0 aromatic heterocycles. The molecule has 0 saturated heterocycles. The average molecular weight is 870 g/mol. The number of hydrogen-bond donors (Lipinski definition) is 3. The van der Waals surface area contributed by atoms with Gasteiger partial charge in [-0.2, -0.15) is 0 Å². The molecule has 3 atom stereocenters. The number of phosphoric ester groups is 1. The van der Waals surface area contributed by atoms with Gasteiger partial charge < -0.3 is 25.2 Å². The van der Waals surface area contributed by atoms with Gasteiger partial charge in [0.25, 0.3) is 0 Å². The third-order valence-electron chi connectivity index (χ3n) is 10.4. The van der Waals surface area contributed by atoms with Crippen LogP contribution in [0.15, 0.2) is 36.5 Å². The van der Waals surface area contributed by atoms with Gasteiger partial charge in [0, 0.05) is 12.8 Å². The monoisotopic (exact) mass is 870 g/mol. The van der Waals surface area contributed by atoms with Gasteiger partial charge in [0.15, 0.2) is 6.10 Å². The van der Waals surface area contributed by atoms with E-state index in [0.29, 0.717) is 12.8 Å². The number of aliphatic carboxylic acids is 1. The largest absolute Gasteiger partial charge is 0.480 e. The number of rotatable bonds is 45. The zero-order chi connectivity index (χ0) is 44.2. The van der Waals surface area contributed by atoms with E-state index in [9.17, 15) is 23.8 Å². The van der Waals surface area contributed by atoms with Crippen LogP contribution in [-0.4, -0.2) is 59.9 Å². The Labute approximate surface area is 365 Å². The normalized spacial score (nSPS) is 13.9. The molecule has 0 fully saturated rings. The van der Waals surface area contributed by atoms with Crippen LogP contribution in [0.2, 0.25) is 0 Å². The predicted octanol–water partition coefficient (Wildman–Crippen LogP) is 13.2. The van der Waals surface area contributed by atoms with Crippen LogP contribution >= 0.6 is 7.82 Å². The minimum atomic E-state index is -4.72. The average Bonchev–Trinajstić information content (AvgIpc) is 3.22. The molecule has 0 aliphatic carbocycles. The van der Waals surface area contributed by atoms with Gasteiger partial charge in [-0.15, -0.1) is 0 Å². The molecule has 0 aromatic rings. The lowest BCUT2D eigenvalue weighted by Gasteiger charge is -2.20. The molecule has 0 amide bonds. The van der Waals surface area contributed by atoms with Crippen LogP contribution in [0.25, 0.3) is 0 Å². The summed E-state index contributed by atoms with van der Waals surface area (Å²) >= 11 is 0. The molecule has 0 aliphatic heterocycles. The highest BCUT2D eigenvalue weighted by atomic mass is 31.2. The Morgan fingerprint density at radius 1 is 0.533 bits per heavy atom. The summed E-state index contributed by atoms with van der Waals surface area (Å²) in [6, 6.07) is -1.52. The minimum Gasteiger partial charge on any atom is -0.480 e. The SMILES string of the molecule is CC/C=C/C/C=C/C/C=C/CCCCCCCC(=O)OC[C@@H](COP(=O)(O)OC[C@H](N)C(=O)O)OC(=O)CCCCCCCCCCCCCCCCCCCCCCC. The number of carbonyl (C=O) groups is 3. The number of nitrogens with two attached hydrogens (primary N) is 1. The molecule has 0 saturated carbocycles. The summed E-state index contributed by atoms with van der Waals surface area (Å²) < 4.78 is 32.8. The summed E-state index contributed by atoms with van der Waals surface area (Å²) in [5, 5.41) is 8.90. The zero-order valence-electron chi connectivity index (χ0n) is 38.1. The van der Waals surface area contributed by atoms with E-state index in [1.54, 1.807) is 0 Å². The molecule has 0 rings (SSSR count). The van der Waals surface area contributed by atoms with Crippen molar-refractivity contribution < 1.29 is 47.5 Å². The van der Waals surface area contributed by atoms with Crippen molar-refractivity contribution in [2.24, 2.45) is 5.73 Å². The fraction of sp³-hybridized carbons (Fsp3) is 0.812. The first-order valence-corrected chi connectivity index (χ1v) is 25.5. The van der Waals surface area contributed by atoms with Crippen molar-refractivity contribution >= 4 is 25.7 Å².